The second-order valence-corrected chi connectivity index (χ2v) is 8.52. The Kier molecular flexibility index (Phi) is 11.0. The van der Waals surface area contributed by atoms with E-state index in [1.54, 1.807) is 16.1 Å². The van der Waals surface area contributed by atoms with Crippen molar-refractivity contribution in [3.8, 4) is 0 Å². The van der Waals surface area contributed by atoms with Crippen LogP contribution in [0, 0.1) is 5.92 Å². The molecule has 0 radical (unpaired) electrons. The van der Waals surface area contributed by atoms with Gasteiger partial charge >= 0.3 is 0 Å². The lowest BCUT2D eigenvalue weighted by Crippen LogP contribution is -2.43. The van der Waals surface area contributed by atoms with E-state index < -0.39 is 10.0 Å². The van der Waals surface area contributed by atoms with E-state index in [0.29, 0.717) is 38.1 Å². The molecule has 0 bridgehead atoms. The maximum atomic E-state index is 12.1. The fourth-order valence-corrected chi connectivity index (χ4v) is 4.25. The number of halogens is 1. The van der Waals surface area contributed by atoms with Gasteiger partial charge in [0.05, 0.1) is 5.75 Å². The highest BCUT2D eigenvalue weighted by atomic mass is 127. The van der Waals surface area contributed by atoms with Crippen LogP contribution in [0.3, 0.4) is 0 Å². The lowest BCUT2D eigenvalue weighted by Gasteiger charge is -2.25. The number of guanidine groups is 1. The van der Waals surface area contributed by atoms with Gasteiger partial charge in [0, 0.05) is 37.7 Å². The van der Waals surface area contributed by atoms with Crippen LogP contribution in [0.25, 0.3) is 0 Å². The maximum Gasteiger partial charge on any atom is 0.215 e. The Balaban J connectivity index is 0.00000400. The minimum atomic E-state index is -3.17. The van der Waals surface area contributed by atoms with Gasteiger partial charge in [-0.05, 0) is 12.3 Å². The minimum Gasteiger partial charge on any atom is -0.370 e. The SMILES string of the molecule is CC(C)CCN=C(N)NCCS(=O)(=O)N1CCSCC1.I. The second kappa shape index (κ2) is 10.9. The van der Waals surface area contributed by atoms with Crippen LogP contribution in [0.2, 0.25) is 0 Å². The van der Waals surface area contributed by atoms with Gasteiger partial charge in [-0.15, -0.1) is 24.0 Å². The van der Waals surface area contributed by atoms with Crippen LogP contribution < -0.4 is 11.1 Å². The zero-order valence-corrected chi connectivity index (χ0v) is 16.7. The van der Waals surface area contributed by atoms with Gasteiger partial charge in [-0.2, -0.15) is 11.8 Å². The van der Waals surface area contributed by atoms with Gasteiger partial charge in [-0.1, -0.05) is 13.8 Å². The van der Waals surface area contributed by atoms with Crippen LogP contribution in [0.4, 0.5) is 0 Å². The summed E-state index contributed by atoms with van der Waals surface area (Å²) >= 11 is 1.79. The first-order valence-electron chi connectivity index (χ1n) is 7.01. The summed E-state index contributed by atoms with van der Waals surface area (Å²) in [5.74, 6) is 2.74. The van der Waals surface area contributed by atoms with Crippen molar-refractivity contribution in [2.75, 3.05) is 43.4 Å². The Hall–Kier alpha value is 0.260. The number of nitrogens with two attached hydrogens (primary N) is 1. The van der Waals surface area contributed by atoms with Gasteiger partial charge in [-0.3, -0.25) is 4.99 Å². The van der Waals surface area contributed by atoms with Crippen molar-refractivity contribution < 1.29 is 8.42 Å². The monoisotopic (exact) mass is 450 g/mol. The average Bonchev–Trinajstić information content (AvgIpc) is 2.39. The summed E-state index contributed by atoms with van der Waals surface area (Å²) in [5.41, 5.74) is 5.69. The number of hydrogen-bond donors (Lipinski definition) is 2. The molecule has 3 N–H and O–H groups in total. The third-order valence-electron chi connectivity index (χ3n) is 3.02. The number of hydrogen-bond acceptors (Lipinski definition) is 4. The fraction of sp³-hybridized carbons (Fsp3) is 0.917. The second-order valence-electron chi connectivity index (χ2n) is 5.20. The predicted molar refractivity (Wildman–Crippen MR) is 102 cm³/mol. The molecule has 126 valence electrons. The molecule has 0 saturated carbocycles. The fourth-order valence-electron chi connectivity index (χ4n) is 1.76. The Morgan fingerprint density at radius 1 is 1.38 bits per heavy atom. The summed E-state index contributed by atoms with van der Waals surface area (Å²) in [6.07, 6.45) is 0.978. The summed E-state index contributed by atoms with van der Waals surface area (Å²) in [4.78, 5) is 4.17. The number of rotatable bonds is 7. The Morgan fingerprint density at radius 3 is 2.57 bits per heavy atom. The molecule has 0 unspecified atom stereocenters. The van der Waals surface area contributed by atoms with Crippen molar-refractivity contribution in [3.63, 3.8) is 0 Å². The van der Waals surface area contributed by atoms with E-state index in [9.17, 15) is 8.42 Å². The summed E-state index contributed by atoms with van der Waals surface area (Å²) in [7, 11) is -3.17. The zero-order valence-electron chi connectivity index (χ0n) is 12.7. The van der Waals surface area contributed by atoms with E-state index in [-0.39, 0.29) is 29.7 Å². The van der Waals surface area contributed by atoms with Crippen LogP contribution in [0.1, 0.15) is 20.3 Å². The minimum absolute atomic E-state index is 0. The number of nitrogens with one attached hydrogen (secondary N) is 1. The smallest absolute Gasteiger partial charge is 0.215 e. The van der Waals surface area contributed by atoms with E-state index in [0.717, 1.165) is 17.9 Å². The molecule has 9 heteroatoms. The van der Waals surface area contributed by atoms with Crippen molar-refractivity contribution in [1.29, 1.82) is 0 Å². The van der Waals surface area contributed by atoms with Gasteiger partial charge in [-0.25, -0.2) is 12.7 Å². The topological polar surface area (TPSA) is 87.8 Å². The quantitative estimate of drug-likeness (QED) is 0.343. The highest BCUT2D eigenvalue weighted by molar-refractivity contribution is 14.0. The van der Waals surface area contributed by atoms with Gasteiger partial charge in [0.1, 0.15) is 0 Å². The summed E-state index contributed by atoms with van der Waals surface area (Å²) in [6, 6.07) is 0. The van der Waals surface area contributed by atoms with Gasteiger partial charge in [0.15, 0.2) is 5.96 Å². The molecule has 0 aromatic carbocycles. The third kappa shape index (κ3) is 9.09. The van der Waals surface area contributed by atoms with Crippen molar-refractivity contribution >= 4 is 51.7 Å². The molecule has 0 amide bonds. The van der Waals surface area contributed by atoms with Gasteiger partial charge in [0.2, 0.25) is 10.0 Å². The molecule has 0 spiro atoms. The van der Waals surface area contributed by atoms with Gasteiger partial charge < -0.3 is 11.1 Å². The van der Waals surface area contributed by atoms with E-state index >= 15 is 0 Å². The predicted octanol–water partition coefficient (Wildman–Crippen LogP) is 0.933. The van der Waals surface area contributed by atoms with Crippen molar-refractivity contribution in [2.24, 2.45) is 16.6 Å². The standard InChI is InChI=1S/C12H26N4O2S2.HI/c1-11(2)3-4-14-12(13)15-5-10-20(17,18)16-6-8-19-9-7-16;/h11H,3-10H2,1-2H3,(H3,13,14,15);1H. The lowest BCUT2D eigenvalue weighted by molar-refractivity contribution is 0.443. The van der Waals surface area contributed by atoms with Crippen LogP contribution in [-0.2, 0) is 10.0 Å². The Labute approximate surface area is 149 Å². The van der Waals surface area contributed by atoms with Crippen LogP contribution in [0.15, 0.2) is 4.99 Å². The highest BCUT2D eigenvalue weighted by Crippen LogP contribution is 2.12. The Morgan fingerprint density at radius 2 is 2.00 bits per heavy atom. The molecule has 1 aliphatic rings. The molecule has 1 aliphatic heterocycles. The normalized spacial score (nSPS) is 17.6. The van der Waals surface area contributed by atoms with Crippen LogP contribution in [0.5, 0.6) is 0 Å². The van der Waals surface area contributed by atoms with Crippen molar-refractivity contribution in [1.82, 2.24) is 9.62 Å². The molecule has 1 fully saturated rings. The largest absolute Gasteiger partial charge is 0.370 e. The van der Waals surface area contributed by atoms with Crippen LogP contribution in [-0.4, -0.2) is 62.1 Å². The molecule has 0 aliphatic carbocycles. The summed E-state index contributed by atoms with van der Waals surface area (Å²) in [5, 5.41) is 2.87. The lowest BCUT2D eigenvalue weighted by atomic mass is 10.1. The molecule has 6 nitrogen and oxygen atoms in total. The highest BCUT2D eigenvalue weighted by Gasteiger charge is 2.23. The molecular weight excluding hydrogens is 423 g/mol. The average molecular weight is 450 g/mol. The first kappa shape index (κ1) is 21.3. The Bertz CT molecular complexity index is 409. The molecule has 1 rings (SSSR count). The number of aliphatic imine (C=N–C) groups is 1. The van der Waals surface area contributed by atoms with E-state index in [1.807, 2.05) is 0 Å². The number of nitrogens with zero attached hydrogens (tertiary/aromatic N) is 2. The van der Waals surface area contributed by atoms with Gasteiger partial charge in [0.25, 0.3) is 0 Å². The molecule has 1 saturated heterocycles. The molecule has 0 aromatic rings. The molecular formula is C12H27IN4O2S2. The van der Waals surface area contributed by atoms with Crippen molar-refractivity contribution in [2.45, 2.75) is 20.3 Å². The first-order chi connectivity index (χ1) is 9.42. The zero-order chi connectivity index (χ0) is 15.0. The molecule has 0 aromatic heterocycles. The maximum absolute atomic E-state index is 12.1. The molecule has 21 heavy (non-hydrogen) atoms. The summed E-state index contributed by atoms with van der Waals surface area (Å²) < 4.78 is 25.7. The molecule has 0 atom stereocenters. The van der Waals surface area contributed by atoms with Crippen molar-refractivity contribution in [3.05, 3.63) is 0 Å². The number of thioether (sulfide) groups is 1. The summed E-state index contributed by atoms with van der Waals surface area (Å²) in [6.45, 7) is 6.47. The van der Waals surface area contributed by atoms with E-state index in [2.05, 4.69) is 24.2 Å². The third-order valence-corrected chi connectivity index (χ3v) is 5.83. The van der Waals surface area contributed by atoms with E-state index in [1.165, 1.54) is 0 Å². The van der Waals surface area contributed by atoms with E-state index in [4.69, 9.17) is 5.73 Å². The number of sulfonamides is 1. The van der Waals surface area contributed by atoms with Crippen LogP contribution >= 0.6 is 35.7 Å². The first-order valence-corrected chi connectivity index (χ1v) is 9.77. The molecule has 1 heterocycles.